The van der Waals surface area contributed by atoms with Gasteiger partial charge in [-0.2, -0.15) is 0 Å². The molecule has 2 aromatic rings. The summed E-state index contributed by atoms with van der Waals surface area (Å²) in [6.45, 7) is 12.4. The molecule has 1 aromatic carbocycles. The van der Waals surface area contributed by atoms with Crippen molar-refractivity contribution in [2.24, 2.45) is 23.5 Å². The molecular weight excluding hydrogens is 552 g/mol. The lowest BCUT2D eigenvalue weighted by molar-refractivity contribution is -0.143. The minimum Gasteiger partial charge on any atom is -0.480 e. The van der Waals surface area contributed by atoms with Gasteiger partial charge < -0.3 is 37.1 Å². The second-order valence-corrected chi connectivity index (χ2v) is 12.0. The van der Waals surface area contributed by atoms with Gasteiger partial charge in [0.15, 0.2) is 0 Å². The highest BCUT2D eigenvalue weighted by atomic mass is 16.4. The molecule has 2 rings (SSSR count). The zero-order valence-corrected chi connectivity index (χ0v) is 26.2. The van der Waals surface area contributed by atoms with Gasteiger partial charge in [-0.25, -0.2) is 4.79 Å². The maximum Gasteiger partial charge on any atom is 0.326 e. The number of aromatic amines is 1. The molecule has 0 aliphatic heterocycles. The van der Waals surface area contributed by atoms with E-state index in [-0.39, 0.29) is 24.2 Å². The van der Waals surface area contributed by atoms with E-state index >= 15 is 0 Å². The fraction of sp³-hybridized carbons (Fsp3) is 0.581. The first-order chi connectivity index (χ1) is 20.2. The van der Waals surface area contributed by atoms with Crippen LogP contribution in [0.25, 0.3) is 10.9 Å². The van der Waals surface area contributed by atoms with E-state index in [1.54, 1.807) is 27.0 Å². The maximum atomic E-state index is 13.6. The van der Waals surface area contributed by atoms with Gasteiger partial charge in [0.25, 0.3) is 0 Å². The fourth-order valence-electron chi connectivity index (χ4n) is 4.74. The van der Waals surface area contributed by atoms with Gasteiger partial charge in [-0.15, -0.1) is 0 Å². The predicted molar refractivity (Wildman–Crippen MR) is 165 cm³/mol. The number of aromatic nitrogens is 1. The highest BCUT2D eigenvalue weighted by molar-refractivity contribution is 5.96. The van der Waals surface area contributed by atoms with Crippen molar-refractivity contribution in [1.29, 1.82) is 0 Å². The first-order valence-corrected chi connectivity index (χ1v) is 14.9. The molecule has 0 unspecified atom stereocenters. The molecule has 0 bridgehead atoms. The summed E-state index contributed by atoms with van der Waals surface area (Å²) in [6, 6.07) is 2.45. The molecule has 43 heavy (non-hydrogen) atoms. The average Bonchev–Trinajstić information content (AvgIpc) is 3.35. The van der Waals surface area contributed by atoms with Crippen molar-refractivity contribution in [1.82, 2.24) is 26.3 Å². The number of rotatable bonds is 16. The van der Waals surface area contributed by atoms with E-state index in [4.69, 9.17) is 5.73 Å². The number of carbonyl (C=O) groups excluding carboxylic acids is 4. The smallest absolute Gasteiger partial charge is 0.326 e. The lowest BCUT2D eigenvalue weighted by Crippen LogP contribution is -2.59. The Morgan fingerprint density at radius 3 is 2.05 bits per heavy atom. The molecule has 0 fully saturated rings. The summed E-state index contributed by atoms with van der Waals surface area (Å²) in [6.07, 6.45) is 2.83. The Hall–Kier alpha value is -3.93. The van der Waals surface area contributed by atoms with Gasteiger partial charge in [0.1, 0.15) is 24.2 Å². The Labute approximate surface area is 253 Å². The van der Waals surface area contributed by atoms with E-state index in [2.05, 4.69) is 26.3 Å². The summed E-state index contributed by atoms with van der Waals surface area (Å²) in [5.41, 5.74) is 7.65. The predicted octanol–water partition coefficient (Wildman–Crippen LogP) is 1.83. The second kappa shape index (κ2) is 16.1. The number of benzene rings is 1. The van der Waals surface area contributed by atoms with Crippen LogP contribution >= 0.6 is 0 Å². The zero-order chi connectivity index (χ0) is 32.4. The number of carboxylic acids is 1. The maximum absolute atomic E-state index is 13.6. The highest BCUT2D eigenvalue weighted by Crippen LogP contribution is 2.19. The summed E-state index contributed by atoms with van der Waals surface area (Å²) in [4.78, 5) is 67.6. The zero-order valence-electron chi connectivity index (χ0n) is 26.2. The van der Waals surface area contributed by atoms with E-state index in [0.717, 1.165) is 16.5 Å². The Balaban J connectivity index is 2.28. The van der Waals surface area contributed by atoms with Crippen molar-refractivity contribution in [3.05, 3.63) is 36.0 Å². The van der Waals surface area contributed by atoms with Crippen LogP contribution in [0.1, 0.15) is 66.9 Å². The van der Waals surface area contributed by atoms with Gasteiger partial charge in [-0.3, -0.25) is 19.2 Å². The van der Waals surface area contributed by atoms with Crippen molar-refractivity contribution >= 4 is 40.5 Å². The standard InChI is InChI=1S/C31H48N6O6/c1-8-18(6)26(31(42)43)37-27(38)19(7)34-29(40)24(14-20-15-33-23-12-10-9-11-21(20)23)35-30(41)25(17(4)5)36-28(39)22(32)13-16(2)3/h9-12,15-19,22,24-26,33H,8,13-14,32H2,1-7H3,(H,34,40)(H,35,41)(H,36,39)(H,37,38)(H,42,43)/t18-,19-,22-,24-,25-,26-/m0/s1. The number of hydrogen-bond acceptors (Lipinski definition) is 6. The third-order valence-corrected chi connectivity index (χ3v) is 7.57. The van der Waals surface area contributed by atoms with Crippen LogP contribution in [0.5, 0.6) is 0 Å². The molecule has 0 spiro atoms. The molecule has 1 aromatic heterocycles. The Bertz CT molecular complexity index is 1270. The van der Waals surface area contributed by atoms with Crippen molar-refractivity contribution in [2.45, 2.75) is 97.9 Å². The quantitative estimate of drug-likeness (QED) is 0.153. The number of fused-ring (bicyclic) bond motifs is 1. The summed E-state index contributed by atoms with van der Waals surface area (Å²) in [5.74, 6) is -3.95. The number of hydrogen-bond donors (Lipinski definition) is 7. The third kappa shape index (κ3) is 10.1. The summed E-state index contributed by atoms with van der Waals surface area (Å²) < 4.78 is 0. The summed E-state index contributed by atoms with van der Waals surface area (Å²) >= 11 is 0. The molecule has 238 valence electrons. The highest BCUT2D eigenvalue weighted by Gasteiger charge is 2.33. The largest absolute Gasteiger partial charge is 0.480 e. The lowest BCUT2D eigenvalue weighted by Gasteiger charge is -2.27. The van der Waals surface area contributed by atoms with Crippen molar-refractivity contribution in [2.75, 3.05) is 0 Å². The summed E-state index contributed by atoms with van der Waals surface area (Å²) in [5, 5.41) is 21.0. The minimum atomic E-state index is -1.17. The average molecular weight is 601 g/mol. The number of amides is 4. The van der Waals surface area contributed by atoms with Gasteiger partial charge in [-0.05, 0) is 42.7 Å². The topological polar surface area (TPSA) is 196 Å². The van der Waals surface area contributed by atoms with Gasteiger partial charge in [0.05, 0.1) is 6.04 Å². The molecule has 0 aliphatic rings. The first kappa shape index (κ1) is 35.3. The van der Waals surface area contributed by atoms with Crippen LogP contribution in [0.3, 0.4) is 0 Å². The minimum absolute atomic E-state index is 0.0895. The number of nitrogens with one attached hydrogen (secondary N) is 5. The van der Waals surface area contributed by atoms with Gasteiger partial charge >= 0.3 is 5.97 Å². The molecule has 0 aliphatic carbocycles. The van der Waals surface area contributed by atoms with Gasteiger partial charge in [-0.1, -0.05) is 66.2 Å². The SMILES string of the molecule is CC[C@H](C)[C@H](NC(=O)[C@H](C)NC(=O)[C@H](Cc1c[nH]c2ccccc12)NC(=O)[C@@H](NC(=O)[C@@H](N)CC(C)C)C(C)C)C(=O)O. The van der Waals surface area contributed by atoms with Gasteiger partial charge in [0.2, 0.25) is 23.6 Å². The monoisotopic (exact) mass is 600 g/mol. The van der Waals surface area contributed by atoms with Gasteiger partial charge in [0, 0.05) is 23.5 Å². The fourth-order valence-corrected chi connectivity index (χ4v) is 4.74. The van der Waals surface area contributed by atoms with Crippen LogP contribution in [0, 0.1) is 17.8 Å². The number of nitrogens with two attached hydrogens (primary N) is 1. The van der Waals surface area contributed by atoms with Crippen LogP contribution < -0.4 is 27.0 Å². The molecule has 12 heteroatoms. The van der Waals surface area contributed by atoms with Crippen LogP contribution in [0.2, 0.25) is 0 Å². The van der Waals surface area contributed by atoms with E-state index in [1.165, 1.54) is 6.92 Å². The van der Waals surface area contributed by atoms with E-state index in [0.29, 0.717) is 12.8 Å². The van der Waals surface area contributed by atoms with Crippen LogP contribution in [-0.4, -0.2) is 69.9 Å². The van der Waals surface area contributed by atoms with Crippen molar-refractivity contribution in [3.8, 4) is 0 Å². The van der Waals surface area contributed by atoms with Crippen molar-refractivity contribution < 1.29 is 29.1 Å². The van der Waals surface area contributed by atoms with E-state index in [9.17, 15) is 29.1 Å². The molecule has 1 heterocycles. The molecule has 4 amide bonds. The molecular formula is C31H48N6O6. The van der Waals surface area contributed by atoms with E-state index < -0.39 is 59.8 Å². The Morgan fingerprint density at radius 1 is 0.837 bits per heavy atom. The number of carboxylic acid groups (broad SMARTS) is 1. The summed E-state index contributed by atoms with van der Waals surface area (Å²) in [7, 11) is 0. The number of para-hydroxylation sites is 1. The second-order valence-electron chi connectivity index (χ2n) is 12.0. The van der Waals surface area contributed by atoms with Crippen molar-refractivity contribution in [3.63, 3.8) is 0 Å². The van der Waals surface area contributed by atoms with Crippen LogP contribution in [-0.2, 0) is 30.4 Å². The van der Waals surface area contributed by atoms with Crippen LogP contribution in [0.15, 0.2) is 30.5 Å². The number of aliphatic carboxylic acids is 1. The number of H-pyrrole nitrogens is 1. The Kier molecular flexibility index (Phi) is 13.2. The Morgan fingerprint density at radius 2 is 1.47 bits per heavy atom. The third-order valence-electron chi connectivity index (χ3n) is 7.57. The molecule has 0 saturated heterocycles. The molecule has 8 N–H and O–H groups in total. The van der Waals surface area contributed by atoms with Crippen LogP contribution in [0.4, 0.5) is 0 Å². The first-order valence-electron chi connectivity index (χ1n) is 14.9. The normalized spacial score (nSPS) is 15.7. The molecule has 12 nitrogen and oxygen atoms in total. The van der Waals surface area contributed by atoms with E-state index in [1.807, 2.05) is 45.0 Å². The number of carbonyl (C=O) groups is 5. The lowest BCUT2D eigenvalue weighted by atomic mass is 9.98. The molecule has 0 radical (unpaired) electrons. The molecule has 0 saturated carbocycles. The molecule has 6 atom stereocenters.